The summed E-state index contributed by atoms with van der Waals surface area (Å²) in [4.78, 5) is 14.2. The molecule has 1 saturated heterocycles. The van der Waals surface area contributed by atoms with Gasteiger partial charge in [0.1, 0.15) is 5.82 Å². The number of carbonyl (C=O) groups is 1. The SMILES string of the molecule is CCN(CC1CCCCN1)C(=O)c1ccc(C)c(F)c1. The van der Waals surface area contributed by atoms with E-state index in [0.29, 0.717) is 30.3 Å². The number of aryl methyl sites for hydroxylation is 1. The van der Waals surface area contributed by atoms with E-state index in [1.165, 1.54) is 18.9 Å². The topological polar surface area (TPSA) is 32.3 Å². The molecule has 4 heteroatoms. The van der Waals surface area contributed by atoms with Crippen molar-refractivity contribution >= 4 is 5.91 Å². The average molecular weight is 278 g/mol. The second-order valence-corrected chi connectivity index (χ2v) is 5.45. The first-order valence-electron chi connectivity index (χ1n) is 7.40. The van der Waals surface area contributed by atoms with Gasteiger partial charge in [-0.25, -0.2) is 4.39 Å². The summed E-state index contributed by atoms with van der Waals surface area (Å²) in [7, 11) is 0. The molecule has 110 valence electrons. The maximum absolute atomic E-state index is 13.6. The summed E-state index contributed by atoms with van der Waals surface area (Å²) >= 11 is 0. The van der Waals surface area contributed by atoms with Gasteiger partial charge in [0.05, 0.1) is 0 Å². The highest BCUT2D eigenvalue weighted by atomic mass is 19.1. The summed E-state index contributed by atoms with van der Waals surface area (Å²) in [5, 5.41) is 3.44. The maximum atomic E-state index is 13.6. The van der Waals surface area contributed by atoms with E-state index >= 15 is 0 Å². The number of benzene rings is 1. The Hall–Kier alpha value is -1.42. The molecule has 1 aliphatic rings. The third-order valence-electron chi connectivity index (χ3n) is 3.94. The minimum atomic E-state index is -0.317. The predicted molar refractivity (Wildman–Crippen MR) is 78.4 cm³/mol. The lowest BCUT2D eigenvalue weighted by Gasteiger charge is -2.30. The number of nitrogens with zero attached hydrogens (tertiary/aromatic N) is 1. The van der Waals surface area contributed by atoms with E-state index in [9.17, 15) is 9.18 Å². The molecule has 2 rings (SSSR count). The van der Waals surface area contributed by atoms with E-state index in [1.807, 2.05) is 6.92 Å². The van der Waals surface area contributed by atoms with Crippen LogP contribution in [0.3, 0.4) is 0 Å². The lowest BCUT2D eigenvalue weighted by molar-refractivity contribution is 0.0741. The van der Waals surface area contributed by atoms with Gasteiger partial charge in [0.15, 0.2) is 0 Å². The van der Waals surface area contributed by atoms with Crippen LogP contribution in [0.25, 0.3) is 0 Å². The molecule has 1 aromatic carbocycles. The molecule has 0 aromatic heterocycles. The van der Waals surface area contributed by atoms with E-state index in [0.717, 1.165) is 13.0 Å². The highest BCUT2D eigenvalue weighted by molar-refractivity contribution is 5.94. The number of amides is 1. The number of hydrogen-bond donors (Lipinski definition) is 1. The van der Waals surface area contributed by atoms with Gasteiger partial charge in [0.25, 0.3) is 5.91 Å². The Balaban J connectivity index is 2.05. The van der Waals surface area contributed by atoms with Crippen molar-refractivity contribution < 1.29 is 9.18 Å². The number of nitrogens with one attached hydrogen (secondary N) is 1. The number of halogens is 1. The molecule has 0 radical (unpaired) electrons. The molecule has 1 amide bonds. The molecule has 1 heterocycles. The highest BCUT2D eigenvalue weighted by Crippen LogP contribution is 2.14. The molecule has 1 unspecified atom stereocenters. The van der Waals surface area contributed by atoms with Crippen LogP contribution in [0.15, 0.2) is 18.2 Å². The Morgan fingerprint density at radius 3 is 2.85 bits per heavy atom. The van der Waals surface area contributed by atoms with E-state index in [-0.39, 0.29) is 11.7 Å². The molecule has 1 atom stereocenters. The van der Waals surface area contributed by atoms with Gasteiger partial charge in [-0.1, -0.05) is 12.5 Å². The van der Waals surface area contributed by atoms with E-state index in [4.69, 9.17) is 0 Å². The van der Waals surface area contributed by atoms with Gasteiger partial charge in [-0.05, 0) is 50.9 Å². The first-order chi connectivity index (χ1) is 9.61. The van der Waals surface area contributed by atoms with Gasteiger partial charge in [0.2, 0.25) is 0 Å². The Bertz CT molecular complexity index is 470. The smallest absolute Gasteiger partial charge is 0.254 e. The van der Waals surface area contributed by atoms with Gasteiger partial charge in [-0.3, -0.25) is 4.79 Å². The molecule has 1 aromatic rings. The number of carbonyl (C=O) groups excluding carboxylic acids is 1. The van der Waals surface area contributed by atoms with E-state index in [1.54, 1.807) is 24.0 Å². The quantitative estimate of drug-likeness (QED) is 0.918. The first-order valence-corrected chi connectivity index (χ1v) is 7.40. The van der Waals surface area contributed by atoms with E-state index in [2.05, 4.69) is 5.32 Å². The van der Waals surface area contributed by atoms with Gasteiger partial charge >= 0.3 is 0 Å². The molecular formula is C16H23FN2O. The van der Waals surface area contributed by atoms with Crippen molar-refractivity contribution in [3.05, 3.63) is 35.1 Å². The molecule has 0 aliphatic carbocycles. The number of rotatable bonds is 4. The molecule has 0 bridgehead atoms. The Labute approximate surface area is 120 Å². The molecule has 20 heavy (non-hydrogen) atoms. The lowest BCUT2D eigenvalue weighted by Crippen LogP contribution is -2.45. The van der Waals surface area contributed by atoms with Crippen molar-refractivity contribution in [1.82, 2.24) is 10.2 Å². The third kappa shape index (κ3) is 3.57. The van der Waals surface area contributed by atoms with Crippen LogP contribution >= 0.6 is 0 Å². The van der Waals surface area contributed by atoms with Crippen molar-refractivity contribution in [3.63, 3.8) is 0 Å². The molecule has 0 saturated carbocycles. The fraction of sp³-hybridized carbons (Fsp3) is 0.562. The minimum absolute atomic E-state index is 0.0845. The van der Waals surface area contributed by atoms with Crippen molar-refractivity contribution in [1.29, 1.82) is 0 Å². The van der Waals surface area contributed by atoms with E-state index < -0.39 is 0 Å². The number of likely N-dealkylation sites (N-methyl/N-ethyl adjacent to an activating group) is 1. The maximum Gasteiger partial charge on any atom is 0.254 e. The second-order valence-electron chi connectivity index (χ2n) is 5.45. The highest BCUT2D eigenvalue weighted by Gasteiger charge is 2.20. The summed E-state index contributed by atoms with van der Waals surface area (Å²) in [6.45, 7) is 6.03. The number of hydrogen-bond acceptors (Lipinski definition) is 2. The summed E-state index contributed by atoms with van der Waals surface area (Å²) in [5.41, 5.74) is 1.00. The van der Waals surface area contributed by atoms with Crippen molar-refractivity contribution in [2.24, 2.45) is 0 Å². The van der Waals surface area contributed by atoms with Crippen molar-refractivity contribution in [3.8, 4) is 0 Å². The largest absolute Gasteiger partial charge is 0.337 e. The summed E-state index contributed by atoms with van der Waals surface area (Å²) < 4.78 is 13.6. The third-order valence-corrected chi connectivity index (χ3v) is 3.94. The van der Waals surface area contributed by atoms with Crippen LogP contribution in [-0.2, 0) is 0 Å². The van der Waals surface area contributed by atoms with Gasteiger partial charge < -0.3 is 10.2 Å². The molecule has 1 N–H and O–H groups in total. The zero-order chi connectivity index (χ0) is 14.5. The summed E-state index contributed by atoms with van der Waals surface area (Å²) in [6, 6.07) is 5.07. The zero-order valence-corrected chi connectivity index (χ0v) is 12.3. The average Bonchev–Trinajstić information content (AvgIpc) is 2.48. The standard InChI is InChI=1S/C16H23FN2O/c1-3-19(11-14-6-4-5-9-18-14)16(20)13-8-7-12(2)15(17)10-13/h7-8,10,14,18H,3-6,9,11H2,1-2H3. The van der Waals surface area contributed by atoms with Crippen LogP contribution in [-0.4, -0.2) is 36.5 Å². The summed E-state index contributed by atoms with van der Waals surface area (Å²) in [5.74, 6) is -0.401. The molecule has 0 spiro atoms. The predicted octanol–water partition coefficient (Wildman–Crippen LogP) is 2.74. The Morgan fingerprint density at radius 1 is 1.45 bits per heavy atom. The first kappa shape index (κ1) is 15.0. The van der Waals surface area contributed by atoms with Gasteiger partial charge in [-0.2, -0.15) is 0 Å². The Kier molecular flexibility index (Phi) is 5.12. The van der Waals surface area contributed by atoms with Crippen LogP contribution in [0.2, 0.25) is 0 Å². The van der Waals surface area contributed by atoms with Crippen LogP contribution in [0.5, 0.6) is 0 Å². The van der Waals surface area contributed by atoms with Crippen LogP contribution < -0.4 is 5.32 Å². The zero-order valence-electron chi connectivity index (χ0n) is 12.3. The molecule has 1 fully saturated rings. The molecule has 3 nitrogen and oxygen atoms in total. The Morgan fingerprint density at radius 2 is 2.25 bits per heavy atom. The van der Waals surface area contributed by atoms with Crippen LogP contribution in [0.4, 0.5) is 4.39 Å². The van der Waals surface area contributed by atoms with Crippen molar-refractivity contribution in [2.75, 3.05) is 19.6 Å². The normalized spacial score (nSPS) is 18.9. The fourth-order valence-corrected chi connectivity index (χ4v) is 2.61. The monoisotopic (exact) mass is 278 g/mol. The van der Waals surface area contributed by atoms with Crippen LogP contribution in [0.1, 0.15) is 42.1 Å². The van der Waals surface area contributed by atoms with Crippen molar-refractivity contribution in [2.45, 2.75) is 39.2 Å². The fourth-order valence-electron chi connectivity index (χ4n) is 2.61. The van der Waals surface area contributed by atoms with Gasteiger partial charge in [-0.15, -0.1) is 0 Å². The number of piperidine rings is 1. The minimum Gasteiger partial charge on any atom is -0.337 e. The second kappa shape index (κ2) is 6.84. The molecule has 1 aliphatic heterocycles. The summed E-state index contributed by atoms with van der Waals surface area (Å²) in [6.07, 6.45) is 3.52. The van der Waals surface area contributed by atoms with Gasteiger partial charge in [0, 0.05) is 24.7 Å². The molecular weight excluding hydrogens is 255 g/mol. The lowest BCUT2D eigenvalue weighted by atomic mass is 10.0. The van der Waals surface area contributed by atoms with Crippen LogP contribution in [0, 0.1) is 12.7 Å².